The van der Waals surface area contributed by atoms with E-state index in [1.807, 2.05) is 48.5 Å². The number of carbonyl (C=O) groups excluding carboxylic acids is 1. The van der Waals surface area contributed by atoms with E-state index in [0.29, 0.717) is 17.1 Å². The molecule has 3 aromatic carbocycles. The maximum Gasteiger partial charge on any atom is 0.282 e. The molecule has 5 heteroatoms. The van der Waals surface area contributed by atoms with E-state index in [1.54, 1.807) is 29.2 Å². The van der Waals surface area contributed by atoms with Crippen molar-refractivity contribution in [2.75, 3.05) is 4.90 Å². The second-order valence-corrected chi connectivity index (χ2v) is 6.53. The molecule has 0 atom stereocenters. The van der Waals surface area contributed by atoms with Crippen molar-refractivity contribution in [1.82, 2.24) is 0 Å². The lowest BCUT2D eigenvalue weighted by molar-refractivity contribution is -0.111. The standard InChI is InChI=1S/C20H13BrN2O2/c21-13-4-3-5-14(12-13)22-19-17-6-1-2-7-18(17)23(20(19)25)15-8-10-16(24)11-9-15/h1-12,24H. The van der Waals surface area contributed by atoms with Crippen LogP contribution in [0.25, 0.3) is 0 Å². The van der Waals surface area contributed by atoms with Gasteiger partial charge in [0, 0.05) is 15.7 Å². The molecule has 0 bridgehead atoms. The highest BCUT2D eigenvalue weighted by Gasteiger charge is 2.34. The number of phenolic OH excluding ortho intramolecular Hbond substituents is 1. The summed E-state index contributed by atoms with van der Waals surface area (Å²) in [7, 11) is 0. The maximum absolute atomic E-state index is 13.1. The number of anilines is 2. The van der Waals surface area contributed by atoms with Crippen molar-refractivity contribution >= 4 is 44.6 Å². The Morgan fingerprint density at radius 1 is 0.920 bits per heavy atom. The summed E-state index contributed by atoms with van der Waals surface area (Å²) in [6.07, 6.45) is 0. The zero-order valence-electron chi connectivity index (χ0n) is 13.1. The van der Waals surface area contributed by atoms with Gasteiger partial charge in [0.2, 0.25) is 0 Å². The summed E-state index contributed by atoms with van der Waals surface area (Å²) in [5.41, 5.74) is 3.38. The van der Waals surface area contributed by atoms with Crippen LogP contribution >= 0.6 is 15.9 Å². The Labute approximate surface area is 153 Å². The van der Waals surface area contributed by atoms with Crippen molar-refractivity contribution in [3.8, 4) is 5.75 Å². The van der Waals surface area contributed by atoms with E-state index in [0.717, 1.165) is 15.7 Å². The molecule has 0 saturated carbocycles. The Kier molecular flexibility index (Phi) is 3.86. The number of aliphatic imine (C=N–C) groups is 1. The Hall–Kier alpha value is -2.92. The van der Waals surface area contributed by atoms with Gasteiger partial charge in [-0.3, -0.25) is 9.69 Å². The summed E-state index contributed by atoms with van der Waals surface area (Å²) in [5.74, 6) is -0.0291. The first-order valence-electron chi connectivity index (χ1n) is 7.70. The Bertz CT molecular complexity index is 997. The van der Waals surface area contributed by atoms with Crippen molar-refractivity contribution in [2.45, 2.75) is 0 Å². The van der Waals surface area contributed by atoms with Gasteiger partial charge in [0.1, 0.15) is 11.5 Å². The van der Waals surface area contributed by atoms with E-state index in [-0.39, 0.29) is 11.7 Å². The lowest BCUT2D eigenvalue weighted by atomic mass is 10.1. The molecule has 1 amide bonds. The fourth-order valence-electron chi connectivity index (χ4n) is 2.84. The van der Waals surface area contributed by atoms with Gasteiger partial charge >= 0.3 is 0 Å². The van der Waals surface area contributed by atoms with Crippen LogP contribution in [-0.4, -0.2) is 16.7 Å². The molecule has 0 aliphatic carbocycles. The predicted octanol–water partition coefficient (Wildman–Crippen LogP) is 4.95. The number of phenols is 1. The van der Waals surface area contributed by atoms with Gasteiger partial charge in [0.05, 0.1) is 11.4 Å². The number of amides is 1. The van der Waals surface area contributed by atoms with Gasteiger partial charge in [-0.15, -0.1) is 0 Å². The average molecular weight is 393 g/mol. The largest absolute Gasteiger partial charge is 0.508 e. The molecule has 4 nitrogen and oxygen atoms in total. The van der Waals surface area contributed by atoms with E-state index in [9.17, 15) is 9.90 Å². The van der Waals surface area contributed by atoms with Gasteiger partial charge < -0.3 is 5.11 Å². The summed E-state index contributed by atoms with van der Waals surface area (Å²) < 4.78 is 0.906. The first kappa shape index (κ1) is 15.6. The number of para-hydroxylation sites is 1. The lowest BCUT2D eigenvalue weighted by Gasteiger charge is -2.16. The van der Waals surface area contributed by atoms with E-state index in [4.69, 9.17) is 0 Å². The van der Waals surface area contributed by atoms with E-state index in [2.05, 4.69) is 20.9 Å². The predicted molar refractivity (Wildman–Crippen MR) is 102 cm³/mol. The van der Waals surface area contributed by atoms with Crippen molar-refractivity contribution in [3.63, 3.8) is 0 Å². The molecule has 1 aliphatic rings. The molecule has 25 heavy (non-hydrogen) atoms. The molecular weight excluding hydrogens is 380 g/mol. The second-order valence-electron chi connectivity index (χ2n) is 5.61. The normalized spacial score (nSPS) is 14.8. The number of benzene rings is 3. The fourth-order valence-corrected chi connectivity index (χ4v) is 3.23. The SMILES string of the molecule is O=C1C(=Nc2cccc(Br)c2)c2ccccc2N1c1ccc(O)cc1. The number of fused-ring (bicyclic) bond motifs is 1. The van der Waals surface area contributed by atoms with Crippen LogP contribution < -0.4 is 4.90 Å². The monoisotopic (exact) mass is 392 g/mol. The Balaban J connectivity index is 1.85. The number of nitrogens with zero attached hydrogens (tertiary/aromatic N) is 2. The van der Waals surface area contributed by atoms with E-state index in [1.165, 1.54) is 0 Å². The Morgan fingerprint density at radius 3 is 2.44 bits per heavy atom. The number of rotatable bonds is 2. The first-order chi connectivity index (χ1) is 12.1. The third kappa shape index (κ3) is 2.83. The minimum atomic E-state index is -0.188. The number of aromatic hydroxyl groups is 1. The van der Waals surface area contributed by atoms with E-state index < -0.39 is 0 Å². The number of hydrogen-bond donors (Lipinski definition) is 1. The van der Waals surface area contributed by atoms with Crippen LogP contribution in [0.2, 0.25) is 0 Å². The molecule has 0 radical (unpaired) electrons. The molecule has 0 unspecified atom stereocenters. The van der Waals surface area contributed by atoms with Crippen molar-refractivity contribution in [2.24, 2.45) is 4.99 Å². The van der Waals surface area contributed by atoms with Crippen LogP contribution in [0.3, 0.4) is 0 Å². The molecule has 4 rings (SSSR count). The third-order valence-corrected chi connectivity index (χ3v) is 4.46. The van der Waals surface area contributed by atoms with E-state index >= 15 is 0 Å². The fraction of sp³-hybridized carbons (Fsp3) is 0. The number of hydrogen-bond acceptors (Lipinski definition) is 3. The molecule has 1 aliphatic heterocycles. The summed E-state index contributed by atoms with van der Waals surface area (Å²) in [4.78, 5) is 19.3. The second kappa shape index (κ2) is 6.18. The van der Waals surface area contributed by atoms with Crippen LogP contribution in [0.4, 0.5) is 17.1 Å². The smallest absolute Gasteiger partial charge is 0.282 e. The van der Waals surface area contributed by atoms with Crippen molar-refractivity contribution in [1.29, 1.82) is 0 Å². The quantitative estimate of drug-likeness (QED) is 0.670. The number of halogens is 1. The highest BCUT2D eigenvalue weighted by Crippen LogP contribution is 2.37. The molecular formula is C20H13BrN2O2. The molecule has 0 saturated heterocycles. The minimum absolute atomic E-state index is 0.159. The maximum atomic E-state index is 13.1. The van der Waals surface area contributed by atoms with Gasteiger partial charge in [0.15, 0.2) is 0 Å². The van der Waals surface area contributed by atoms with Gasteiger partial charge in [-0.1, -0.05) is 40.2 Å². The average Bonchev–Trinajstić information content (AvgIpc) is 2.88. The lowest BCUT2D eigenvalue weighted by Crippen LogP contribution is -2.25. The zero-order chi connectivity index (χ0) is 17.4. The molecule has 0 aromatic heterocycles. The highest BCUT2D eigenvalue weighted by molar-refractivity contribution is 9.10. The number of carbonyl (C=O) groups is 1. The van der Waals surface area contributed by atoms with Crippen LogP contribution in [0, 0.1) is 0 Å². The highest BCUT2D eigenvalue weighted by atomic mass is 79.9. The Morgan fingerprint density at radius 2 is 1.68 bits per heavy atom. The van der Waals surface area contributed by atoms with Gasteiger partial charge in [-0.25, -0.2) is 4.99 Å². The zero-order valence-corrected chi connectivity index (χ0v) is 14.6. The van der Waals surface area contributed by atoms with Crippen LogP contribution in [0.1, 0.15) is 5.56 Å². The molecule has 3 aromatic rings. The topological polar surface area (TPSA) is 52.9 Å². The molecule has 0 fully saturated rings. The summed E-state index contributed by atoms with van der Waals surface area (Å²) in [6.45, 7) is 0. The third-order valence-electron chi connectivity index (χ3n) is 3.96. The van der Waals surface area contributed by atoms with Crippen LogP contribution in [0.5, 0.6) is 5.75 Å². The summed E-state index contributed by atoms with van der Waals surface area (Å²) in [6, 6.07) is 21.6. The minimum Gasteiger partial charge on any atom is -0.508 e. The summed E-state index contributed by atoms with van der Waals surface area (Å²) in [5, 5.41) is 9.50. The molecule has 1 N–H and O–H groups in total. The molecule has 1 heterocycles. The first-order valence-corrected chi connectivity index (χ1v) is 8.50. The molecule has 122 valence electrons. The van der Waals surface area contributed by atoms with Crippen molar-refractivity contribution < 1.29 is 9.90 Å². The van der Waals surface area contributed by atoms with Crippen molar-refractivity contribution in [3.05, 3.63) is 82.8 Å². The van der Waals surface area contributed by atoms with Gasteiger partial charge in [0.25, 0.3) is 5.91 Å². The summed E-state index contributed by atoms with van der Waals surface area (Å²) >= 11 is 3.43. The van der Waals surface area contributed by atoms with Gasteiger partial charge in [-0.05, 0) is 48.5 Å². The van der Waals surface area contributed by atoms with Crippen LogP contribution in [-0.2, 0) is 4.79 Å². The van der Waals surface area contributed by atoms with Crippen LogP contribution in [0.15, 0.2) is 82.3 Å². The van der Waals surface area contributed by atoms with Gasteiger partial charge in [-0.2, -0.15) is 0 Å². The molecule has 0 spiro atoms.